The van der Waals surface area contributed by atoms with Crippen molar-refractivity contribution >= 4 is 0 Å². The molecule has 0 aromatic heterocycles. The van der Waals surface area contributed by atoms with Crippen LogP contribution in [0.15, 0.2) is 0 Å². The second-order valence-corrected chi connectivity index (χ2v) is 2.55. The second-order valence-electron chi connectivity index (χ2n) is 2.55. The third-order valence-electron chi connectivity index (χ3n) is 1.09. The lowest BCUT2D eigenvalue weighted by atomic mass is 10.6. The van der Waals surface area contributed by atoms with E-state index in [1.54, 1.807) is 0 Å². The van der Waals surface area contributed by atoms with Gasteiger partial charge in [0.05, 0.1) is 0 Å². The van der Waals surface area contributed by atoms with E-state index < -0.39 is 25.3 Å². The van der Waals surface area contributed by atoms with Crippen LogP contribution in [0.1, 0.15) is 13.8 Å². The minimum Gasteiger partial charge on any atom is -0.382 e. The summed E-state index contributed by atoms with van der Waals surface area (Å²) >= 11 is 0. The summed E-state index contributed by atoms with van der Waals surface area (Å²) in [6.07, 6.45) is -14.4. The SMILES string of the molecule is CCOCC.FC(F)C(F)(F)OCC(F)(F)F. The Hall–Kier alpha value is -0.570. The summed E-state index contributed by atoms with van der Waals surface area (Å²) < 4.78 is 86.4. The molecular weight excluding hydrogens is 261 g/mol. The first kappa shape index (κ1) is 18.8. The van der Waals surface area contributed by atoms with Crippen LogP contribution in [-0.4, -0.2) is 38.5 Å². The topological polar surface area (TPSA) is 18.5 Å². The van der Waals surface area contributed by atoms with Crippen molar-refractivity contribution in [2.75, 3.05) is 19.8 Å². The normalized spacial score (nSPS) is 12.4. The lowest BCUT2D eigenvalue weighted by molar-refractivity contribution is -0.330. The van der Waals surface area contributed by atoms with E-state index in [4.69, 9.17) is 4.74 Å². The number of halogens is 7. The summed E-state index contributed by atoms with van der Waals surface area (Å²) in [5, 5.41) is 0. The van der Waals surface area contributed by atoms with Crippen LogP contribution in [0.3, 0.4) is 0 Å². The maximum absolute atomic E-state index is 11.6. The highest BCUT2D eigenvalue weighted by atomic mass is 19.4. The van der Waals surface area contributed by atoms with Crippen molar-refractivity contribution < 1.29 is 40.2 Å². The Morgan fingerprint density at radius 2 is 1.35 bits per heavy atom. The lowest BCUT2D eigenvalue weighted by Crippen LogP contribution is -2.34. The van der Waals surface area contributed by atoms with Crippen molar-refractivity contribution in [1.29, 1.82) is 0 Å². The minimum absolute atomic E-state index is 0.844. The van der Waals surface area contributed by atoms with Crippen LogP contribution in [-0.2, 0) is 9.47 Å². The number of alkyl halides is 7. The molecule has 0 bridgehead atoms. The molecule has 0 atom stereocenters. The van der Waals surface area contributed by atoms with Gasteiger partial charge in [-0.05, 0) is 13.8 Å². The fourth-order valence-corrected chi connectivity index (χ4v) is 0.445. The fourth-order valence-electron chi connectivity index (χ4n) is 0.445. The fraction of sp³-hybridized carbons (Fsp3) is 1.00. The molecule has 0 saturated carbocycles. The first-order valence-electron chi connectivity index (χ1n) is 4.51. The number of ether oxygens (including phenoxy) is 2. The van der Waals surface area contributed by atoms with Gasteiger partial charge in [0.1, 0.15) is 6.61 Å². The summed E-state index contributed by atoms with van der Waals surface area (Å²) in [5.41, 5.74) is 0. The van der Waals surface area contributed by atoms with E-state index in [0.29, 0.717) is 0 Å². The minimum atomic E-state index is -5.05. The van der Waals surface area contributed by atoms with E-state index in [1.165, 1.54) is 0 Å². The van der Waals surface area contributed by atoms with Crippen LogP contribution in [0.5, 0.6) is 0 Å². The zero-order chi connectivity index (χ0) is 14.1. The largest absolute Gasteiger partial charge is 0.416 e. The van der Waals surface area contributed by atoms with E-state index in [1.807, 2.05) is 13.8 Å². The van der Waals surface area contributed by atoms with Gasteiger partial charge in [-0.1, -0.05) is 0 Å². The van der Waals surface area contributed by atoms with Gasteiger partial charge in [0.15, 0.2) is 0 Å². The maximum atomic E-state index is 11.6. The molecule has 17 heavy (non-hydrogen) atoms. The van der Waals surface area contributed by atoms with Gasteiger partial charge in [-0.3, -0.25) is 0 Å². The molecule has 0 saturated heterocycles. The summed E-state index contributed by atoms with van der Waals surface area (Å²) in [6.45, 7) is 3.27. The van der Waals surface area contributed by atoms with Crippen molar-refractivity contribution in [2.24, 2.45) is 0 Å². The Morgan fingerprint density at radius 1 is 0.941 bits per heavy atom. The van der Waals surface area contributed by atoms with Crippen LogP contribution in [0, 0.1) is 0 Å². The van der Waals surface area contributed by atoms with Crippen molar-refractivity contribution in [3.05, 3.63) is 0 Å². The van der Waals surface area contributed by atoms with Gasteiger partial charge in [0, 0.05) is 13.2 Å². The quantitative estimate of drug-likeness (QED) is 0.715. The molecule has 0 aliphatic rings. The molecule has 0 spiro atoms. The van der Waals surface area contributed by atoms with E-state index in [-0.39, 0.29) is 0 Å². The molecule has 0 aliphatic carbocycles. The highest BCUT2D eigenvalue weighted by Crippen LogP contribution is 2.27. The molecule has 0 aromatic carbocycles. The highest BCUT2D eigenvalue weighted by molar-refractivity contribution is 4.57. The smallest absolute Gasteiger partial charge is 0.382 e. The van der Waals surface area contributed by atoms with Gasteiger partial charge >= 0.3 is 18.7 Å². The van der Waals surface area contributed by atoms with Gasteiger partial charge in [-0.15, -0.1) is 0 Å². The Kier molecular flexibility index (Phi) is 9.40. The van der Waals surface area contributed by atoms with Gasteiger partial charge in [-0.25, -0.2) is 8.78 Å². The standard InChI is InChI=1S/C4H3F7O.C4H10O/c5-2(6)4(10,11)12-1-3(7,8)9;1-3-5-4-2/h2H,1H2;3-4H2,1-2H3. The van der Waals surface area contributed by atoms with E-state index >= 15 is 0 Å². The number of hydrogen-bond acceptors (Lipinski definition) is 2. The van der Waals surface area contributed by atoms with Crippen LogP contribution in [0.4, 0.5) is 30.7 Å². The molecule has 9 heteroatoms. The number of hydrogen-bond donors (Lipinski definition) is 0. The Labute approximate surface area is 93.7 Å². The van der Waals surface area contributed by atoms with Crippen LogP contribution < -0.4 is 0 Å². The van der Waals surface area contributed by atoms with Crippen molar-refractivity contribution in [2.45, 2.75) is 32.6 Å². The molecule has 0 heterocycles. The summed E-state index contributed by atoms with van der Waals surface area (Å²) in [4.78, 5) is 0. The molecule has 0 rings (SSSR count). The highest BCUT2D eigenvalue weighted by Gasteiger charge is 2.45. The molecule has 0 radical (unpaired) electrons. The Balaban J connectivity index is 0. The molecule has 0 fully saturated rings. The van der Waals surface area contributed by atoms with Gasteiger partial charge < -0.3 is 9.47 Å². The van der Waals surface area contributed by atoms with Gasteiger partial charge in [0.25, 0.3) is 0 Å². The summed E-state index contributed by atoms with van der Waals surface area (Å²) in [7, 11) is 0. The van der Waals surface area contributed by atoms with Crippen LogP contribution >= 0.6 is 0 Å². The molecule has 0 amide bonds. The molecule has 2 nitrogen and oxygen atoms in total. The van der Waals surface area contributed by atoms with Gasteiger partial charge in [0.2, 0.25) is 0 Å². The third-order valence-corrected chi connectivity index (χ3v) is 1.09. The predicted molar refractivity (Wildman–Crippen MR) is 45.1 cm³/mol. The number of rotatable bonds is 5. The van der Waals surface area contributed by atoms with Crippen molar-refractivity contribution in [3.63, 3.8) is 0 Å². The Morgan fingerprint density at radius 3 is 1.53 bits per heavy atom. The van der Waals surface area contributed by atoms with Crippen molar-refractivity contribution in [3.8, 4) is 0 Å². The Bertz CT molecular complexity index is 179. The average molecular weight is 274 g/mol. The van der Waals surface area contributed by atoms with Crippen molar-refractivity contribution in [1.82, 2.24) is 0 Å². The van der Waals surface area contributed by atoms with E-state index in [2.05, 4.69) is 4.74 Å². The molecule has 106 valence electrons. The van der Waals surface area contributed by atoms with E-state index in [9.17, 15) is 30.7 Å². The summed E-state index contributed by atoms with van der Waals surface area (Å²) in [5.74, 6) is 0. The van der Waals surface area contributed by atoms with Crippen LogP contribution in [0.25, 0.3) is 0 Å². The molecule has 0 unspecified atom stereocenters. The zero-order valence-electron chi connectivity index (χ0n) is 9.16. The first-order chi connectivity index (χ1) is 7.56. The second kappa shape index (κ2) is 8.51. The van der Waals surface area contributed by atoms with E-state index in [0.717, 1.165) is 13.2 Å². The molecule has 0 aliphatic heterocycles. The molecule has 0 aromatic rings. The maximum Gasteiger partial charge on any atom is 0.416 e. The van der Waals surface area contributed by atoms with Crippen LogP contribution in [0.2, 0.25) is 0 Å². The first-order valence-corrected chi connectivity index (χ1v) is 4.51. The lowest BCUT2D eigenvalue weighted by Gasteiger charge is -2.16. The zero-order valence-corrected chi connectivity index (χ0v) is 9.16. The molecular formula is C8H13F7O2. The molecule has 0 N–H and O–H groups in total. The van der Waals surface area contributed by atoms with Gasteiger partial charge in [-0.2, -0.15) is 22.0 Å². The predicted octanol–water partition coefficient (Wildman–Crippen LogP) is 3.47. The average Bonchev–Trinajstić information content (AvgIpc) is 2.16. The summed E-state index contributed by atoms with van der Waals surface area (Å²) in [6, 6.07) is 0. The monoisotopic (exact) mass is 274 g/mol. The third kappa shape index (κ3) is 13.4.